The fourth-order valence-corrected chi connectivity index (χ4v) is 1.31. The predicted molar refractivity (Wildman–Crippen MR) is 48.7 cm³/mol. The van der Waals surface area contributed by atoms with Crippen LogP contribution in [0.15, 0.2) is 30.6 Å². The predicted octanol–water partition coefficient (Wildman–Crippen LogP) is 2.07. The van der Waals surface area contributed by atoms with E-state index >= 15 is 0 Å². The Kier molecular flexibility index (Phi) is 1.89. The van der Waals surface area contributed by atoms with Gasteiger partial charge < -0.3 is 5.11 Å². The van der Waals surface area contributed by atoms with E-state index in [1.54, 1.807) is 0 Å². The monoisotopic (exact) mass is 191 g/mol. The lowest BCUT2D eigenvalue weighted by atomic mass is 10.1. The topological polar surface area (TPSA) is 50.2 Å². The Labute approximate surface area is 78.8 Å². The molecule has 0 aliphatic rings. The Bertz CT molecular complexity index is 510. The number of hydrogen-bond acceptors (Lipinski definition) is 2. The summed E-state index contributed by atoms with van der Waals surface area (Å²) >= 11 is 0. The molecule has 1 aromatic heterocycles. The van der Waals surface area contributed by atoms with Gasteiger partial charge in [0.25, 0.3) is 0 Å². The van der Waals surface area contributed by atoms with Crippen molar-refractivity contribution in [2.75, 3.05) is 0 Å². The lowest BCUT2D eigenvalue weighted by Gasteiger charge is -2.00. The van der Waals surface area contributed by atoms with Crippen LogP contribution in [0.1, 0.15) is 10.4 Å². The molecule has 0 fully saturated rings. The molecule has 0 saturated heterocycles. The zero-order valence-electron chi connectivity index (χ0n) is 7.07. The maximum atomic E-state index is 12.9. The maximum Gasteiger partial charge on any atom is 0.337 e. The van der Waals surface area contributed by atoms with Crippen LogP contribution in [0.4, 0.5) is 4.39 Å². The SMILES string of the molecule is O=C(O)c1cncc2ccc(F)cc12. The van der Waals surface area contributed by atoms with Crippen molar-refractivity contribution in [2.45, 2.75) is 0 Å². The molecule has 2 aromatic rings. The van der Waals surface area contributed by atoms with Crippen LogP contribution in [-0.4, -0.2) is 16.1 Å². The van der Waals surface area contributed by atoms with Crippen molar-refractivity contribution in [1.29, 1.82) is 0 Å². The summed E-state index contributed by atoms with van der Waals surface area (Å²) < 4.78 is 12.9. The summed E-state index contributed by atoms with van der Waals surface area (Å²) in [5, 5.41) is 9.80. The second-order valence-corrected chi connectivity index (χ2v) is 2.86. The number of carboxylic acids is 1. The van der Waals surface area contributed by atoms with E-state index in [4.69, 9.17) is 5.11 Å². The summed E-state index contributed by atoms with van der Waals surface area (Å²) in [5.41, 5.74) is 0.0157. The van der Waals surface area contributed by atoms with Gasteiger partial charge in [0.05, 0.1) is 5.56 Å². The number of carboxylic acid groups (broad SMARTS) is 1. The highest BCUT2D eigenvalue weighted by Gasteiger charge is 2.08. The van der Waals surface area contributed by atoms with E-state index in [1.807, 2.05) is 0 Å². The number of aromatic carboxylic acids is 1. The van der Waals surface area contributed by atoms with Crippen molar-refractivity contribution in [1.82, 2.24) is 4.98 Å². The van der Waals surface area contributed by atoms with Crippen LogP contribution in [0.2, 0.25) is 0 Å². The molecular formula is C10H6FNO2. The van der Waals surface area contributed by atoms with Crippen LogP contribution in [-0.2, 0) is 0 Å². The molecular weight excluding hydrogens is 185 g/mol. The molecule has 0 amide bonds. The maximum absolute atomic E-state index is 12.9. The summed E-state index contributed by atoms with van der Waals surface area (Å²) in [6, 6.07) is 3.97. The molecule has 4 heteroatoms. The molecule has 0 spiro atoms. The van der Waals surface area contributed by atoms with Crippen molar-refractivity contribution >= 4 is 16.7 Å². The largest absolute Gasteiger partial charge is 0.478 e. The highest BCUT2D eigenvalue weighted by Crippen LogP contribution is 2.18. The molecule has 1 aromatic carbocycles. The standard InChI is InChI=1S/C10H6FNO2/c11-7-2-1-6-4-12-5-9(10(13)14)8(6)3-7/h1-5H,(H,13,14). The van der Waals surface area contributed by atoms with E-state index in [0.29, 0.717) is 10.8 Å². The van der Waals surface area contributed by atoms with E-state index in [2.05, 4.69) is 4.98 Å². The number of halogens is 1. The molecule has 14 heavy (non-hydrogen) atoms. The fraction of sp³-hybridized carbons (Fsp3) is 0. The van der Waals surface area contributed by atoms with Crippen LogP contribution in [0.3, 0.4) is 0 Å². The number of nitrogens with zero attached hydrogens (tertiary/aromatic N) is 1. The van der Waals surface area contributed by atoms with Gasteiger partial charge in [-0.3, -0.25) is 4.98 Å². The molecule has 0 radical (unpaired) electrons. The van der Waals surface area contributed by atoms with Crippen LogP contribution in [0.5, 0.6) is 0 Å². The van der Waals surface area contributed by atoms with E-state index in [-0.39, 0.29) is 5.56 Å². The smallest absolute Gasteiger partial charge is 0.337 e. The summed E-state index contributed by atoms with van der Waals surface area (Å²) in [6.07, 6.45) is 2.71. The second kappa shape index (κ2) is 3.06. The first kappa shape index (κ1) is 8.62. The van der Waals surface area contributed by atoms with Gasteiger partial charge in [-0.15, -0.1) is 0 Å². The van der Waals surface area contributed by atoms with Gasteiger partial charge in [-0.2, -0.15) is 0 Å². The second-order valence-electron chi connectivity index (χ2n) is 2.86. The normalized spacial score (nSPS) is 10.4. The quantitative estimate of drug-likeness (QED) is 0.750. The Balaban J connectivity index is 2.84. The zero-order chi connectivity index (χ0) is 10.1. The summed E-state index contributed by atoms with van der Waals surface area (Å²) in [4.78, 5) is 14.5. The van der Waals surface area contributed by atoms with Gasteiger partial charge in [0.15, 0.2) is 0 Å². The molecule has 0 unspecified atom stereocenters. The summed E-state index contributed by atoms with van der Waals surface area (Å²) in [5.74, 6) is -1.56. The average molecular weight is 191 g/mol. The third-order valence-electron chi connectivity index (χ3n) is 1.95. The first-order valence-corrected chi connectivity index (χ1v) is 3.95. The van der Waals surface area contributed by atoms with Gasteiger partial charge in [0.1, 0.15) is 5.82 Å². The number of hydrogen-bond donors (Lipinski definition) is 1. The minimum Gasteiger partial charge on any atom is -0.478 e. The molecule has 0 saturated carbocycles. The lowest BCUT2D eigenvalue weighted by Crippen LogP contribution is -1.98. The van der Waals surface area contributed by atoms with Crippen LogP contribution in [0.25, 0.3) is 10.8 Å². The van der Waals surface area contributed by atoms with Crippen molar-refractivity contribution in [3.05, 3.63) is 42.0 Å². The Morgan fingerprint density at radius 2 is 2.14 bits per heavy atom. The zero-order valence-corrected chi connectivity index (χ0v) is 7.07. The van der Waals surface area contributed by atoms with Crippen molar-refractivity contribution < 1.29 is 14.3 Å². The number of benzene rings is 1. The Morgan fingerprint density at radius 3 is 2.86 bits per heavy atom. The van der Waals surface area contributed by atoms with Crippen molar-refractivity contribution in [3.8, 4) is 0 Å². The van der Waals surface area contributed by atoms with E-state index in [0.717, 1.165) is 0 Å². The number of fused-ring (bicyclic) bond motifs is 1. The number of aromatic nitrogens is 1. The number of rotatable bonds is 1. The van der Waals surface area contributed by atoms with E-state index in [9.17, 15) is 9.18 Å². The van der Waals surface area contributed by atoms with Gasteiger partial charge >= 0.3 is 5.97 Å². The average Bonchev–Trinajstić information content (AvgIpc) is 2.16. The number of carbonyl (C=O) groups is 1. The third-order valence-corrected chi connectivity index (χ3v) is 1.95. The fourth-order valence-electron chi connectivity index (χ4n) is 1.31. The summed E-state index contributed by atoms with van der Waals surface area (Å²) in [7, 11) is 0. The van der Waals surface area contributed by atoms with Gasteiger partial charge in [-0.25, -0.2) is 9.18 Å². The molecule has 0 aliphatic heterocycles. The highest BCUT2D eigenvalue weighted by atomic mass is 19.1. The molecule has 1 heterocycles. The van der Waals surface area contributed by atoms with E-state index < -0.39 is 11.8 Å². The van der Waals surface area contributed by atoms with Crippen molar-refractivity contribution in [2.24, 2.45) is 0 Å². The van der Waals surface area contributed by atoms with Crippen LogP contribution < -0.4 is 0 Å². The van der Waals surface area contributed by atoms with Gasteiger partial charge in [-0.05, 0) is 18.2 Å². The van der Waals surface area contributed by atoms with Gasteiger partial charge in [0.2, 0.25) is 0 Å². The first-order chi connectivity index (χ1) is 6.68. The molecule has 1 N–H and O–H groups in total. The minimum absolute atomic E-state index is 0.0157. The molecule has 3 nitrogen and oxygen atoms in total. The third kappa shape index (κ3) is 1.31. The van der Waals surface area contributed by atoms with Gasteiger partial charge in [0, 0.05) is 23.2 Å². The van der Waals surface area contributed by atoms with Crippen LogP contribution in [0, 0.1) is 5.82 Å². The molecule has 0 atom stereocenters. The van der Waals surface area contributed by atoms with Crippen molar-refractivity contribution in [3.63, 3.8) is 0 Å². The molecule has 0 bridgehead atoms. The molecule has 2 rings (SSSR count). The minimum atomic E-state index is -1.10. The summed E-state index contributed by atoms with van der Waals surface area (Å²) in [6.45, 7) is 0. The molecule has 70 valence electrons. The Hall–Kier alpha value is -1.97. The Morgan fingerprint density at radius 1 is 1.36 bits per heavy atom. The molecule has 0 aliphatic carbocycles. The highest BCUT2D eigenvalue weighted by molar-refractivity contribution is 6.02. The number of pyridine rings is 1. The van der Waals surface area contributed by atoms with Crippen LogP contribution >= 0.6 is 0 Å². The lowest BCUT2D eigenvalue weighted by molar-refractivity contribution is 0.0698. The first-order valence-electron chi connectivity index (χ1n) is 3.95. The van der Waals surface area contributed by atoms with E-state index in [1.165, 1.54) is 30.6 Å². The van der Waals surface area contributed by atoms with Gasteiger partial charge in [-0.1, -0.05) is 0 Å².